The van der Waals surface area contributed by atoms with E-state index < -0.39 is 0 Å². The second-order valence-electron chi connectivity index (χ2n) is 3.29. The van der Waals surface area contributed by atoms with E-state index >= 15 is 0 Å². The number of carbonyl (C=O) groups excluding carboxylic acids is 1. The quantitative estimate of drug-likeness (QED) is 0.504. The van der Waals surface area contributed by atoms with Crippen molar-refractivity contribution in [3.63, 3.8) is 0 Å². The summed E-state index contributed by atoms with van der Waals surface area (Å²) < 4.78 is 4.66. The summed E-state index contributed by atoms with van der Waals surface area (Å²) in [5.74, 6) is 0.784. The lowest BCUT2D eigenvalue weighted by atomic mass is 10.2. The molecule has 0 saturated carbocycles. The van der Waals surface area contributed by atoms with Gasteiger partial charge in [-0.25, -0.2) is 0 Å². The van der Waals surface area contributed by atoms with Crippen molar-refractivity contribution >= 4 is 17.7 Å². The van der Waals surface area contributed by atoms with Gasteiger partial charge in [0.2, 0.25) is 0 Å². The number of rotatable bonds is 5. The van der Waals surface area contributed by atoms with Crippen LogP contribution >= 0.6 is 11.8 Å². The van der Waals surface area contributed by atoms with Gasteiger partial charge in [0, 0.05) is 18.4 Å². The van der Waals surface area contributed by atoms with E-state index in [4.69, 9.17) is 5.11 Å². The van der Waals surface area contributed by atoms with Crippen molar-refractivity contribution < 1.29 is 14.6 Å². The molecule has 0 aromatic heterocycles. The van der Waals surface area contributed by atoms with E-state index in [0.717, 1.165) is 25.1 Å². The van der Waals surface area contributed by atoms with E-state index in [9.17, 15) is 4.79 Å². The van der Waals surface area contributed by atoms with Crippen LogP contribution in [0.4, 0.5) is 0 Å². The van der Waals surface area contributed by atoms with Crippen molar-refractivity contribution in [2.75, 3.05) is 26.0 Å². The fourth-order valence-electron chi connectivity index (χ4n) is 1.47. The smallest absolute Gasteiger partial charge is 0.322 e. The van der Waals surface area contributed by atoms with Crippen LogP contribution in [0.3, 0.4) is 0 Å². The normalized spacial score (nSPS) is 26.4. The van der Waals surface area contributed by atoms with E-state index in [-0.39, 0.29) is 18.6 Å². The van der Waals surface area contributed by atoms with E-state index in [2.05, 4.69) is 10.1 Å². The zero-order valence-electron chi connectivity index (χ0n) is 8.36. The number of esters is 1. The van der Waals surface area contributed by atoms with Gasteiger partial charge in [0.25, 0.3) is 0 Å². The predicted molar refractivity (Wildman–Crippen MR) is 56.4 cm³/mol. The Morgan fingerprint density at radius 1 is 1.71 bits per heavy atom. The molecule has 4 nitrogen and oxygen atoms in total. The molecular formula is C9H17NO3S. The molecule has 82 valence electrons. The Balaban J connectivity index is 2.17. The van der Waals surface area contributed by atoms with Gasteiger partial charge in [-0.05, 0) is 18.6 Å². The van der Waals surface area contributed by atoms with Gasteiger partial charge in [-0.1, -0.05) is 0 Å². The lowest BCUT2D eigenvalue weighted by Crippen LogP contribution is -2.31. The molecule has 1 aliphatic heterocycles. The maximum absolute atomic E-state index is 11.2. The molecular weight excluding hydrogens is 202 g/mol. The van der Waals surface area contributed by atoms with E-state index in [0.29, 0.717) is 5.25 Å². The number of aliphatic hydroxyl groups is 1. The summed E-state index contributed by atoms with van der Waals surface area (Å²) in [5, 5.41) is 12.2. The summed E-state index contributed by atoms with van der Waals surface area (Å²) in [6.45, 7) is 1.10. The van der Waals surface area contributed by atoms with Gasteiger partial charge in [-0.15, -0.1) is 0 Å². The Bertz CT molecular complexity index is 189. The van der Waals surface area contributed by atoms with Crippen LogP contribution in [0.15, 0.2) is 0 Å². The molecule has 1 rings (SSSR count). The standard InChI is InChI=1S/C9H17NO3S/c1-13-9(12)8-5-7(6-10-8)14-4-2-3-11/h7-8,10-11H,2-6H2,1H3/t7-,8+/m1/s1. The summed E-state index contributed by atoms with van der Waals surface area (Å²) >= 11 is 1.81. The highest BCUT2D eigenvalue weighted by molar-refractivity contribution is 7.99. The summed E-state index contributed by atoms with van der Waals surface area (Å²) in [5.41, 5.74) is 0. The Morgan fingerprint density at radius 2 is 2.50 bits per heavy atom. The van der Waals surface area contributed by atoms with Crippen molar-refractivity contribution in [1.82, 2.24) is 5.32 Å². The van der Waals surface area contributed by atoms with Gasteiger partial charge in [0.15, 0.2) is 0 Å². The Kier molecular flexibility index (Phi) is 5.29. The maximum atomic E-state index is 11.2. The molecule has 0 aliphatic carbocycles. The highest BCUT2D eigenvalue weighted by Gasteiger charge is 2.29. The minimum Gasteiger partial charge on any atom is -0.468 e. The third kappa shape index (κ3) is 3.48. The maximum Gasteiger partial charge on any atom is 0.322 e. The molecule has 2 atom stereocenters. The van der Waals surface area contributed by atoms with Gasteiger partial charge in [-0.3, -0.25) is 4.79 Å². The van der Waals surface area contributed by atoms with Crippen LogP contribution in [0.1, 0.15) is 12.8 Å². The molecule has 1 saturated heterocycles. The molecule has 1 heterocycles. The van der Waals surface area contributed by atoms with Gasteiger partial charge >= 0.3 is 5.97 Å². The highest BCUT2D eigenvalue weighted by atomic mass is 32.2. The third-order valence-electron chi connectivity index (χ3n) is 2.23. The highest BCUT2D eigenvalue weighted by Crippen LogP contribution is 2.22. The summed E-state index contributed by atoms with van der Waals surface area (Å²) in [7, 11) is 1.41. The number of thioether (sulfide) groups is 1. The number of methoxy groups -OCH3 is 1. The first-order valence-corrected chi connectivity index (χ1v) is 5.86. The molecule has 0 unspecified atom stereocenters. The zero-order chi connectivity index (χ0) is 10.4. The lowest BCUT2D eigenvalue weighted by molar-refractivity contribution is -0.142. The monoisotopic (exact) mass is 219 g/mol. The molecule has 0 radical (unpaired) electrons. The molecule has 0 bridgehead atoms. The van der Waals surface area contributed by atoms with Crippen LogP contribution in [0, 0.1) is 0 Å². The molecule has 1 fully saturated rings. The van der Waals surface area contributed by atoms with E-state index in [1.807, 2.05) is 11.8 Å². The number of hydrogen-bond acceptors (Lipinski definition) is 5. The number of nitrogens with one attached hydrogen (secondary N) is 1. The average molecular weight is 219 g/mol. The molecule has 0 spiro atoms. The summed E-state index contributed by atoms with van der Waals surface area (Å²) in [4.78, 5) is 11.2. The lowest BCUT2D eigenvalue weighted by Gasteiger charge is -2.07. The second-order valence-corrected chi connectivity index (χ2v) is 4.70. The molecule has 2 N–H and O–H groups in total. The van der Waals surface area contributed by atoms with Crippen LogP contribution in [-0.2, 0) is 9.53 Å². The largest absolute Gasteiger partial charge is 0.468 e. The summed E-state index contributed by atoms with van der Waals surface area (Å²) in [6, 6.07) is -0.133. The fourth-order valence-corrected chi connectivity index (χ4v) is 2.64. The Labute approximate surface area is 88.4 Å². The minimum absolute atomic E-state index is 0.133. The topological polar surface area (TPSA) is 58.6 Å². The van der Waals surface area contributed by atoms with Crippen molar-refractivity contribution in [1.29, 1.82) is 0 Å². The molecule has 14 heavy (non-hydrogen) atoms. The van der Waals surface area contributed by atoms with E-state index in [1.165, 1.54) is 7.11 Å². The number of carbonyl (C=O) groups is 1. The molecule has 0 aromatic carbocycles. The van der Waals surface area contributed by atoms with Crippen molar-refractivity contribution in [2.24, 2.45) is 0 Å². The van der Waals surface area contributed by atoms with Gasteiger partial charge in [-0.2, -0.15) is 11.8 Å². The minimum atomic E-state index is -0.171. The van der Waals surface area contributed by atoms with Crippen molar-refractivity contribution in [3.05, 3.63) is 0 Å². The molecule has 5 heteroatoms. The Morgan fingerprint density at radius 3 is 3.14 bits per heavy atom. The van der Waals surface area contributed by atoms with Crippen LogP contribution in [0.2, 0.25) is 0 Å². The van der Waals surface area contributed by atoms with E-state index in [1.54, 1.807) is 0 Å². The first-order valence-electron chi connectivity index (χ1n) is 4.81. The molecule has 1 aliphatic rings. The second kappa shape index (κ2) is 6.27. The Hall–Kier alpha value is -0.260. The fraction of sp³-hybridized carbons (Fsp3) is 0.889. The van der Waals surface area contributed by atoms with Crippen LogP contribution < -0.4 is 5.32 Å². The molecule has 0 aromatic rings. The first-order chi connectivity index (χ1) is 6.77. The SMILES string of the molecule is COC(=O)[C@@H]1C[C@@H](SCCCO)CN1. The number of aliphatic hydroxyl groups excluding tert-OH is 1. The van der Waals surface area contributed by atoms with Crippen molar-refractivity contribution in [3.8, 4) is 0 Å². The van der Waals surface area contributed by atoms with Crippen LogP contribution in [0.25, 0.3) is 0 Å². The summed E-state index contributed by atoms with van der Waals surface area (Å²) in [6.07, 6.45) is 1.66. The van der Waals surface area contributed by atoms with Gasteiger partial charge < -0.3 is 15.2 Å². The zero-order valence-corrected chi connectivity index (χ0v) is 9.18. The van der Waals surface area contributed by atoms with Gasteiger partial charge in [0.1, 0.15) is 6.04 Å². The van der Waals surface area contributed by atoms with Crippen molar-refractivity contribution in [2.45, 2.75) is 24.1 Å². The van der Waals surface area contributed by atoms with Crippen LogP contribution in [0.5, 0.6) is 0 Å². The molecule has 0 amide bonds. The third-order valence-corrected chi connectivity index (χ3v) is 3.59. The number of hydrogen-bond donors (Lipinski definition) is 2. The van der Waals surface area contributed by atoms with Crippen LogP contribution in [-0.4, -0.2) is 48.4 Å². The number of ether oxygens (including phenoxy) is 1. The predicted octanol–water partition coefficient (Wildman–Crippen LogP) is 0.00550. The first kappa shape index (κ1) is 11.8. The average Bonchev–Trinajstić information content (AvgIpc) is 2.66. The van der Waals surface area contributed by atoms with Gasteiger partial charge in [0.05, 0.1) is 7.11 Å².